The summed E-state index contributed by atoms with van der Waals surface area (Å²) in [6.07, 6.45) is 3.53. The normalized spacial score (nSPS) is 9.95. The Balaban J connectivity index is 0.000000704. The molecule has 4 heteroatoms. The number of imidazole rings is 1. The highest BCUT2D eigenvalue weighted by Crippen LogP contribution is 2.19. The second-order valence-corrected chi connectivity index (χ2v) is 4.15. The van der Waals surface area contributed by atoms with Crippen LogP contribution in [0.3, 0.4) is 0 Å². The molecule has 1 aromatic carbocycles. The van der Waals surface area contributed by atoms with E-state index in [1.54, 1.807) is 12.4 Å². The average Bonchev–Trinajstić information content (AvgIpc) is 2.87. The Morgan fingerprint density at radius 2 is 1.85 bits per heavy atom. The number of rotatable bonds is 3. The second kappa shape index (κ2) is 6.70. The van der Waals surface area contributed by atoms with Gasteiger partial charge in [0.1, 0.15) is 18.2 Å². The van der Waals surface area contributed by atoms with E-state index in [9.17, 15) is 0 Å². The van der Waals surface area contributed by atoms with Crippen molar-refractivity contribution in [3.8, 4) is 5.75 Å². The number of nitrogens with zero attached hydrogens (tertiary/aromatic N) is 2. The van der Waals surface area contributed by atoms with Crippen LogP contribution in [0.25, 0.3) is 11.0 Å². The number of hydrogen-bond acceptors (Lipinski definition) is 3. The van der Waals surface area contributed by atoms with E-state index in [1.807, 2.05) is 51.1 Å². The van der Waals surface area contributed by atoms with Crippen LogP contribution in [0, 0.1) is 6.92 Å². The number of pyridine rings is 1. The third-order valence-corrected chi connectivity index (χ3v) is 2.73. The first kappa shape index (κ1) is 14.1. The molecule has 0 bridgehead atoms. The largest absolute Gasteiger partial charge is 0.489 e. The predicted octanol–water partition coefficient (Wildman–Crippen LogP) is 3.87. The highest BCUT2D eigenvalue weighted by Gasteiger charge is 2.01. The molecular formula is C16H19N3O. The van der Waals surface area contributed by atoms with Crippen molar-refractivity contribution in [3.05, 3.63) is 54.1 Å². The molecular weight excluding hydrogens is 250 g/mol. The number of aromatic nitrogens is 3. The first-order chi connectivity index (χ1) is 9.81. The number of ether oxygens (including phenoxy) is 1. The molecule has 1 N–H and O–H groups in total. The quantitative estimate of drug-likeness (QED) is 0.785. The smallest absolute Gasteiger partial charge is 0.122 e. The van der Waals surface area contributed by atoms with Crippen LogP contribution >= 0.6 is 0 Å². The lowest BCUT2D eigenvalue weighted by Crippen LogP contribution is -1.95. The van der Waals surface area contributed by atoms with E-state index in [1.165, 1.54) is 0 Å². The molecule has 104 valence electrons. The van der Waals surface area contributed by atoms with E-state index >= 15 is 0 Å². The second-order valence-electron chi connectivity index (χ2n) is 4.15. The predicted molar refractivity (Wildman–Crippen MR) is 80.7 cm³/mol. The lowest BCUT2D eigenvalue weighted by Gasteiger charge is -2.05. The van der Waals surface area contributed by atoms with Crippen LogP contribution in [0.15, 0.2) is 42.7 Å². The molecule has 0 atom stereocenters. The standard InChI is InChI=1S/C14H13N3O.C2H6/c1-10-16-13-3-2-12(8-14(13)17-10)18-9-11-4-6-15-7-5-11;1-2/h2-8H,9H2,1H3,(H,16,17);1-2H3. The lowest BCUT2D eigenvalue weighted by atomic mass is 10.3. The number of H-pyrrole nitrogens is 1. The summed E-state index contributed by atoms with van der Waals surface area (Å²) in [6.45, 7) is 6.48. The molecule has 0 aliphatic rings. The minimum atomic E-state index is 0.543. The summed E-state index contributed by atoms with van der Waals surface area (Å²) in [7, 11) is 0. The Kier molecular flexibility index (Phi) is 4.71. The molecule has 3 aromatic rings. The molecule has 2 heterocycles. The molecule has 0 saturated carbocycles. The summed E-state index contributed by atoms with van der Waals surface area (Å²) in [6, 6.07) is 9.75. The molecule has 0 aliphatic carbocycles. The summed E-state index contributed by atoms with van der Waals surface area (Å²) < 4.78 is 5.73. The number of fused-ring (bicyclic) bond motifs is 1. The zero-order valence-electron chi connectivity index (χ0n) is 12.1. The Bertz CT molecular complexity index is 662. The first-order valence-electron chi connectivity index (χ1n) is 6.79. The molecule has 3 rings (SSSR count). The van der Waals surface area contributed by atoms with Crippen molar-refractivity contribution in [3.63, 3.8) is 0 Å². The first-order valence-corrected chi connectivity index (χ1v) is 6.79. The average molecular weight is 269 g/mol. The third kappa shape index (κ3) is 3.35. The topological polar surface area (TPSA) is 50.8 Å². The SMILES string of the molecule is CC.Cc1nc2ccc(OCc3ccncc3)cc2[nH]1. The fourth-order valence-electron chi connectivity index (χ4n) is 1.85. The van der Waals surface area contributed by atoms with Crippen molar-refractivity contribution in [2.45, 2.75) is 27.4 Å². The van der Waals surface area contributed by atoms with Crippen LogP contribution in [-0.2, 0) is 6.61 Å². The van der Waals surface area contributed by atoms with Gasteiger partial charge in [0.2, 0.25) is 0 Å². The van der Waals surface area contributed by atoms with E-state index in [0.717, 1.165) is 28.2 Å². The van der Waals surface area contributed by atoms with Gasteiger partial charge in [0.05, 0.1) is 11.0 Å². The third-order valence-electron chi connectivity index (χ3n) is 2.73. The van der Waals surface area contributed by atoms with Gasteiger partial charge in [-0.3, -0.25) is 4.98 Å². The Labute approximate surface area is 118 Å². The number of hydrogen-bond donors (Lipinski definition) is 1. The molecule has 0 amide bonds. The van der Waals surface area contributed by atoms with Crippen molar-refractivity contribution < 1.29 is 4.74 Å². The Hall–Kier alpha value is -2.36. The van der Waals surface area contributed by atoms with Gasteiger partial charge in [0.25, 0.3) is 0 Å². The van der Waals surface area contributed by atoms with Crippen LogP contribution < -0.4 is 4.74 Å². The maximum Gasteiger partial charge on any atom is 0.122 e. The van der Waals surface area contributed by atoms with Gasteiger partial charge in [-0.15, -0.1) is 0 Å². The number of benzene rings is 1. The van der Waals surface area contributed by atoms with Gasteiger partial charge in [-0.25, -0.2) is 4.98 Å². The molecule has 0 unspecified atom stereocenters. The molecule has 0 fully saturated rings. The van der Waals surface area contributed by atoms with Crippen LogP contribution in [0.5, 0.6) is 5.75 Å². The highest BCUT2D eigenvalue weighted by atomic mass is 16.5. The van der Waals surface area contributed by atoms with E-state index in [-0.39, 0.29) is 0 Å². The van der Waals surface area contributed by atoms with E-state index in [4.69, 9.17) is 4.74 Å². The van der Waals surface area contributed by atoms with Gasteiger partial charge in [-0.2, -0.15) is 0 Å². The highest BCUT2D eigenvalue weighted by molar-refractivity contribution is 5.76. The maximum absolute atomic E-state index is 5.73. The zero-order chi connectivity index (χ0) is 14.4. The summed E-state index contributed by atoms with van der Waals surface area (Å²) in [5.74, 6) is 1.75. The maximum atomic E-state index is 5.73. The lowest BCUT2D eigenvalue weighted by molar-refractivity contribution is 0.306. The van der Waals surface area contributed by atoms with Crippen LogP contribution in [-0.4, -0.2) is 15.0 Å². The van der Waals surface area contributed by atoms with Gasteiger partial charge in [0.15, 0.2) is 0 Å². The van der Waals surface area contributed by atoms with Crippen LogP contribution in [0.1, 0.15) is 25.2 Å². The molecule has 4 nitrogen and oxygen atoms in total. The van der Waals surface area contributed by atoms with Gasteiger partial charge < -0.3 is 9.72 Å². The van der Waals surface area contributed by atoms with E-state index in [0.29, 0.717) is 6.61 Å². The molecule has 0 aliphatic heterocycles. The van der Waals surface area contributed by atoms with E-state index in [2.05, 4.69) is 15.0 Å². The zero-order valence-corrected chi connectivity index (χ0v) is 12.1. The van der Waals surface area contributed by atoms with Crippen LogP contribution in [0.2, 0.25) is 0 Å². The van der Waals surface area contributed by atoms with Gasteiger partial charge >= 0.3 is 0 Å². The van der Waals surface area contributed by atoms with Gasteiger partial charge in [0, 0.05) is 18.5 Å². The van der Waals surface area contributed by atoms with Crippen molar-refractivity contribution in [2.24, 2.45) is 0 Å². The van der Waals surface area contributed by atoms with Crippen LogP contribution in [0.4, 0.5) is 0 Å². The minimum absolute atomic E-state index is 0.543. The number of aryl methyl sites for hydroxylation is 1. The molecule has 2 aromatic heterocycles. The molecule has 0 radical (unpaired) electrons. The minimum Gasteiger partial charge on any atom is -0.489 e. The monoisotopic (exact) mass is 269 g/mol. The Morgan fingerprint density at radius 1 is 1.10 bits per heavy atom. The molecule has 20 heavy (non-hydrogen) atoms. The Morgan fingerprint density at radius 3 is 2.60 bits per heavy atom. The number of aromatic amines is 1. The van der Waals surface area contributed by atoms with Gasteiger partial charge in [-0.1, -0.05) is 13.8 Å². The fourth-order valence-corrected chi connectivity index (χ4v) is 1.85. The summed E-state index contributed by atoms with van der Waals surface area (Å²) in [4.78, 5) is 11.5. The van der Waals surface area contributed by atoms with Gasteiger partial charge in [-0.05, 0) is 36.8 Å². The summed E-state index contributed by atoms with van der Waals surface area (Å²) in [5, 5.41) is 0. The summed E-state index contributed by atoms with van der Waals surface area (Å²) in [5.41, 5.74) is 3.06. The molecule has 0 spiro atoms. The van der Waals surface area contributed by atoms with Crippen molar-refractivity contribution in [2.75, 3.05) is 0 Å². The van der Waals surface area contributed by atoms with E-state index < -0.39 is 0 Å². The fraction of sp³-hybridized carbons (Fsp3) is 0.250. The molecule has 0 saturated heterocycles. The van der Waals surface area contributed by atoms with Crippen molar-refractivity contribution in [1.29, 1.82) is 0 Å². The number of nitrogens with one attached hydrogen (secondary N) is 1. The van der Waals surface area contributed by atoms with Crippen molar-refractivity contribution >= 4 is 11.0 Å². The van der Waals surface area contributed by atoms with Crippen molar-refractivity contribution in [1.82, 2.24) is 15.0 Å². The summed E-state index contributed by atoms with van der Waals surface area (Å²) >= 11 is 0.